The van der Waals surface area contributed by atoms with E-state index >= 15 is 0 Å². The predicted octanol–water partition coefficient (Wildman–Crippen LogP) is 2.35. The van der Waals surface area contributed by atoms with Crippen LogP contribution in [0.2, 0.25) is 0 Å². The number of esters is 1. The Balaban J connectivity index is 1.88. The topological polar surface area (TPSA) is 112 Å². The first kappa shape index (κ1) is 17.1. The fourth-order valence-electron chi connectivity index (χ4n) is 3.66. The number of carbonyl (C=O) groups is 2. The van der Waals surface area contributed by atoms with Gasteiger partial charge in [0.1, 0.15) is 17.4 Å². The molecule has 0 saturated carbocycles. The molecule has 1 aliphatic rings. The Morgan fingerprint density at radius 2 is 1.96 bits per heavy atom. The number of benzene rings is 2. The van der Waals surface area contributed by atoms with Gasteiger partial charge in [0.2, 0.25) is 0 Å². The molecule has 4 N–H and O–H groups in total. The second-order valence-electron chi connectivity index (χ2n) is 6.53. The van der Waals surface area contributed by atoms with Gasteiger partial charge in [-0.05, 0) is 29.3 Å². The van der Waals surface area contributed by atoms with E-state index in [4.69, 9.17) is 4.74 Å². The number of phenols is 1. The minimum atomic E-state index is -0.942. The molecule has 1 aliphatic heterocycles. The number of aromatic amines is 1. The zero-order chi connectivity index (χ0) is 19.1. The van der Waals surface area contributed by atoms with Crippen LogP contribution in [0.5, 0.6) is 5.75 Å². The van der Waals surface area contributed by atoms with E-state index in [-0.39, 0.29) is 11.3 Å². The molecule has 2 aromatic carbocycles. The van der Waals surface area contributed by atoms with Gasteiger partial charge in [0.25, 0.3) is 0 Å². The highest BCUT2D eigenvalue weighted by Gasteiger charge is 2.34. The molecule has 0 fully saturated rings. The second kappa shape index (κ2) is 6.44. The molecule has 2 heterocycles. The van der Waals surface area contributed by atoms with Gasteiger partial charge in [-0.25, -0.2) is 4.79 Å². The minimum Gasteiger partial charge on any atom is -0.507 e. The first-order valence-electron chi connectivity index (χ1n) is 8.49. The van der Waals surface area contributed by atoms with Crippen LogP contribution < -0.4 is 5.32 Å². The van der Waals surface area contributed by atoms with Gasteiger partial charge in [-0.1, -0.05) is 24.3 Å². The molecule has 0 spiro atoms. The molecule has 7 nitrogen and oxygen atoms in total. The Labute approximate surface area is 154 Å². The van der Waals surface area contributed by atoms with Crippen LogP contribution in [0.25, 0.3) is 10.9 Å². The fourth-order valence-corrected chi connectivity index (χ4v) is 3.66. The lowest BCUT2D eigenvalue weighted by Gasteiger charge is -2.29. The van der Waals surface area contributed by atoms with Crippen LogP contribution in [0.1, 0.15) is 33.2 Å². The molecule has 0 unspecified atom stereocenters. The van der Waals surface area contributed by atoms with Gasteiger partial charge in [-0.3, -0.25) is 10.1 Å². The van der Waals surface area contributed by atoms with Gasteiger partial charge >= 0.3 is 11.9 Å². The Kier molecular flexibility index (Phi) is 4.08. The number of nitrogens with one attached hydrogen (secondary N) is 2. The number of methoxy groups -OCH3 is 1. The Morgan fingerprint density at radius 1 is 1.19 bits per heavy atom. The number of phenolic OH excluding ortho intramolecular Hbond substituents is 1. The summed E-state index contributed by atoms with van der Waals surface area (Å²) in [6, 6.07) is 11.1. The first-order valence-corrected chi connectivity index (χ1v) is 8.49. The molecular weight excluding hydrogens is 348 g/mol. The summed E-state index contributed by atoms with van der Waals surface area (Å²) in [6.45, 7) is 0. The maximum Gasteiger partial charge on any atom is 0.341 e. The third-order valence-electron chi connectivity index (χ3n) is 4.97. The molecule has 0 bridgehead atoms. The van der Waals surface area contributed by atoms with Crippen LogP contribution in [0, 0.1) is 0 Å². The number of aliphatic carboxylic acids is 1. The van der Waals surface area contributed by atoms with E-state index in [9.17, 15) is 19.8 Å². The number of para-hydroxylation sites is 1. The van der Waals surface area contributed by atoms with Crippen LogP contribution in [-0.4, -0.2) is 40.3 Å². The van der Waals surface area contributed by atoms with E-state index in [0.29, 0.717) is 12.0 Å². The number of carboxylic acids is 1. The van der Waals surface area contributed by atoms with Crippen molar-refractivity contribution in [3.05, 3.63) is 64.8 Å². The standard InChI is InChI=1S/C20H18N2O5/c1-27-20(26)13-8-10(6-7-16(13)23)17-18-12(9-15(22-17)19(24)25)11-4-2-3-5-14(11)21-18/h2-8,15,17,21-23H,9H2,1H3,(H,24,25)/t15-,17+/m0/s1. The molecule has 3 aromatic rings. The molecular formula is C20H18N2O5. The predicted molar refractivity (Wildman–Crippen MR) is 97.9 cm³/mol. The summed E-state index contributed by atoms with van der Waals surface area (Å²) < 4.78 is 4.72. The largest absolute Gasteiger partial charge is 0.507 e. The van der Waals surface area contributed by atoms with Crippen LogP contribution in [-0.2, 0) is 16.0 Å². The van der Waals surface area contributed by atoms with Crippen molar-refractivity contribution < 1.29 is 24.5 Å². The molecule has 7 heteroatoms. The van der Waals surface area contributed by atoms with Crippen molar-refractivity contribution in [2.45, 2.75) is 18.5 Å². The van der Waals surface area contributed by atoms with E-state index in [2.05, 4.69) is 10.3 Å². The first-order chi connectivity index (χ1) is 13.0. The number of fused-ring (bicyclic) bond motifs is 3. The van der Waals surface area contributed by atoms with Gasteiger partial charge in [-0.2, -0.15) is 0 Å². The third kappa shape index (κ3) is 2.82. The highest BCUT2D eigenvalue weighted by atomic mass is 16.5. The van der Waals surface area contributed by atoms with Crippen molar-refractivity contribution in [2.24, 2.45) is 0 Å². The maximum absolute atomic E-state index is 11.9. The van der Waals surface area contributed by atoms with Crippen molar-refractivity contribution in [1.29, 1.82) is 0 Å². The molecule has 0 radical (unpaired) electrons. The lowest BCUT2D eigenvalue weighted by Crippen LogP contribution is -2.45. The van der Waals surface area contributed by atoms with Gasteiger partial charge in [-0.15, -0.1) is 0 Å². The van der Waals surface area contributed by atoms with Gasteiger partial charge in [0, 0.05) is 23.0 Å². The normalized spacial score (nSPS) is 18.9. The summed E-state index contributed by atoms with van der Waals surface area (Å²) in [5.41, 5.74) is 3.41. The Morgan fingerprint density at radius 3 is 2.70 bits per heavy atom. The van der Waals surface area contributed by atoms with Crippen LogP contribution >= 0.6 is 0 Å². The molecule has 138 valence electrons. The van der Waals surface area contributed by atoms with E-state index < -0.39 is 24.0 Å². The van der Waals surface area contributed by atoms with Gasteiger partial charge < -0.3 is 19.9 Å². The average molecular weight is 366 g/mol. The lowest BCUT2D eigenvalue weighted by atomic mass is 9.89. The quantitative estimate of drug-likeness (QED) is 0.530. The molecule has 0 saturated heterocycles. The SMILES string of the molecule is COC(=O)c1cc([C@H]2N[C@H](C(=O)O)Cc3c2[nH]c2ccccc32)ccc1O. The smallest absolute Gasteiger partial charge is 0.341 e. The van der Waals surface area contributed by atoms with E-state index in [1.165, 1.54) is 19.2 Å². The molecule has 27 heavy (non-hydrogen) atoms. The van der Waals surface area contributed by atoms with Crippen molar-refractivity contribution in [1.82, 2.24) is 10.3 Å². The van der Waals surface area contributed by atoms with Crippen LogP contribution in [0.4, 0.5) is 0 Å². The second-order valence-corrected chi connectivity index (χ2v) is 6.53. The number of hydrogen-bond acceptors (Lipinski definition) is 5. The van der Waals surface area contributed by atoms with Gasteiger partial charge in [0.05, 0.1) is 13.2 Å². The van der Waals surface area contributed by atoms with Crippen molar-refractivity contribution in [3.63, 3.8) is 0 Å². The number of rotatable bonds is 3. The van der Waals surface area contributed by atoms with Crippen molar-refractivity contribution >= 4 is 22.8 Å². The van der Waals surface area contributed by atoms with Crippen molar-refractivity contribution in [2.75, 3.05) is 7.11 Å². The van der Waals surface area contributed by atoms with E-state index in [0.717, 1.165) is 22.2 Å². The van der Waals surface area contributed by atoms with E-state index in [1.807, 2.05) is 24.3 Å². The average Bonchev–Trinajstić information content (AvgIpc) is 3.05. The molecule has 4 rings (SSSR count). The number of carboxylic acid groups (broad SMARTS) is 1. The van der Waals surface area contributed by atoms with Gasteiger partial charge in [0.15, 0.2) is 0 Å². The summed E-state index contributed by atoms with van der Waals surface area (Å²) in [5.74, 6) is -1.78. The Bertz CT molecular complexity index is 1060. The highest BCUT2D eigenvalue weighted by molar-refractivity contribution is 5.92. The van der Waals surface area contributed by atoms with Crippen LogP contribution in [0.15, 0.2) is 42.5 Å². The maximum atomic E-state index is 11.9. The summed E-state index contributed by atoms with van der Waals surface area (Å²) in [4.78, 5) is 27.0. The Hall–Kier alpha value is -3.32. The number of aromatic hydroxyl groups is 1. The monoisotopic (exact) mass is 366 g/mol. The molecule has 2 atom stereocenters. The lowest BCUT2D eigenvalue weighted by molar-refractivity contribution is -0.139. The molecule has 0 aliphatic carbocycles. The zero-order valence-electron chi connectivity index (χ0n) is 14.5. The van der Waals surface area contributed by atoms with Crippen molar-refractivity contribution in [3.8, 4) is 5.75 Å². The van der Waals surface area contributed by atoms with Crippen LogP contribution in [0.3, 0.4) is 0 Å². The summed E-state index contributed by atoms with van der Waals surface area (Å²) in [5, 5.41) is 23.6. The third-order valence-corrected chi connectivity index (χ3v) is 4.97. The summed E-state index contributed by atoms with van der Waals surface area (Å²) >= 11 is 0. The molecule has 0 amide bonds. The number of carbonyl (C=O) groups excluding carboxylic acids is 1. The van der Waals surface area contributed by atoms with E-state index in [1.54, 1.807) is 6.07 Å². The summed E-state index contributed by atoms with van der Waals surface area (Å²) in [7, 11) is 1.24. The minimum absolute atomic E-state index is 0.0342. The number of aromatic nitrogens is 1. The number of ether oxygens (including phenoxy) is 1. The molecule has 1 aromatic heterocycles. The summed E-state index contributed by atoms with van der Waals surface area (Å²) in [6.07, 6.45) is 0.354. The fraction of sp³-hybridized carbons (Fsp3) is 0.200. The number of hydrogen-bond donors (Lipinski definition) is 4. The number of H-pyrrole nitrogens is 1. The highest BCUT2D eigenvalue weighted by Crippen LogP contribution is 2.36. The zero-order valence-corrected chi connectivity index (χ0v) is 14.5.